The number of hydrogen-bond donors (Lipinski definition) is 1. The normalized spacial score (nSPS) is 12.5. The molecule has 0 bridgehead atoms. The molecule has 3 nitrogen and oxygen atoms in total. The van der Waals surface area contributed by atoms with Crippen molar-refractivity contribution in [3.05, 3.63) is 108 Å². The largest absolute Gasteiger partial charge is 0.504 e. The number of carbonyl (C=O) groups excluding carboxylic acids is 1. The van der Waals surface area contributed by atoms with Crippen LogP contribution in [0, 0.1) is 12.0 Å². The minimum atomic E-state index is -4.83. The monoisotopic (exact) mass is 833 g/mol. The Morgan fingerprint density at radius 2 is 1.47 bits per heavy atom. The molecule has 0 saturated carbocycles. The minimum Gasteiger partial charge on any atom is -0.504 e. The molecule has 1 radical (unpaired) electrons. The Bertz CT molecular complexity index is 1900. The number of aliphatic hydroxyl groups is 1. The van der Waals surface area contributed by atoms with Crippen LogP contribution >= 0.6 is 0 Å². The third kappa shape index (κ3) is 9.50. The smallest absolute Gasteiger partial charge is 0.448 e. The number of fused-ring (bicyclic) bond motifs is 2. The summed E-state index contributed by atoms with van der Waals surface area (Å²) in [6.45, 7) is 16.9. The van der Waals surface area contributed by atoms with Gasteiger partial charge in [-0.15, -0.1) is 29.1 Å². The Labute approximate surface area is 290 Å². The van der Waals surface area contributed by atoms with Gasteiger partial charge in [0, 0.05) is 37.8 Å². The molecule has 5 rings (SSSR count). The summed E-state index contributed by atoms with van der Waals surface area (Å²) < 4.78 is 34.8. The average Bonchev–Trinajstić information content (AvgIpc) is 2.99. The van der Waals surface area contributed by atoms with Crippen LogP contribution in [-0.2, 0) is 30.3 Å². The third-order valence-electron chi connectivity index (χ3n) is 7.77. The van der Waals surface area contributed by atoms with Crippen LogP contribution in [-0.4, -0.2) is 30.1 Å². The summed E-state index contributed by atoms with van der Waals surface area (Å²) in [5, 5.41) is 13.4. The van der Waals surface area contributed by atoms with Gasteiger partial charge in [-0.1, -0.05) is 137 Å². The molecule has 0 spiro atoms. The maximum atomic E-state index is 11.6. The third-order valence-corrected chi connectivity index (χ3v) is 9.84. The van der Waals surface area contributed by atoms with Gasteiger partial charge in [-0.3, -0.25) is 9.78 Å². The SMILES string of the molecule is CC(C)(C)c1cc(-c2ccc3ccc(-c4ccc([Si](C)(C)C)cc4)cc3n2)[c-]c2ccccc12.CC(C)C(=O)/C=C(\O)C(F)(F)F.[Ir]. The van der Waals surface area contributed by atoms with E-state index in [1.54, 1.807) is 0 Å². The Hall–Kier alpha value is -3.58. The molecular formula is C39H41F3IrNO2Si-. The summed E-state index contributed by atoms with van der Waals surface area (Å²) in [5.74, 6) is -3.14. The predicted octanol–water partition coefficient (Wildman–Crippen LogP) is 10.6. The van der Waals surface area contributed by atoms with E-state index in [0.717, 1.165) is 27.5 Å². The fourth-order valence-electron chi connectivity index (χ4n) is 4.98. The molecule has 1 heterocycles. The molecule has 0 unspecified atom stereocenters. The van der Waals surface area contributed by atoms with Gasteiger partial charge >= 0.3 is 6.18 Å². The molecule has 0 fully saturated rings. The van der Waals surface area contributed by atoms with E-state index in [9.17, 15) is 18.0 Å². The van der Waals surface area contributed by atoms with Crippen LogP contribution in [0.2, 0.25) is 19.6 Å². The van der Waals surface area contributed by atoms with Gasteiger partial charge in [0.2, 0.25) is 5.76 Å². The number of aliphatic hydroxyl groups excluding tert-OH is 1. The molecular weight excluding hydrogens is 792 g/mol. The van der Waals surface area contributed by atoms with Crippen molar-refractivity contribution in [1.82, 2.24) is 4.98 Å². The first-order chi connectivity index (χ1) is 21.3. The summed E-state index contributed by atoms with van der Waals surface area (Å²) in [4.78, 5) is 15.8. The Kier molecular flexibility index (Phi) is 11.8. The number of benzene rings is 4. The van der Waals surface area contributed by atoms with E-state index in [0.29, 0.717) is 0 Å². The quantitative estimate of drug-likeness (QED) is 0.0831. The van der Waals surface area contributed by atoms with Gasteiger partial charge in [0.1, 0.15) is 0 Å². The van der Waals surface area contributed by atoms with Crippen molar-refractivity contribution in [1.29, 1.82) is 0 Å². The van der Waals surface area contributed by atoms with Gasteiger partial charge in [0.25, 0.3) is 0 Å². The van der Waals surface area contributed by atoms with Crippen molar-refractivity contribution in [2.45, 2.75) is 65.9 Å². The molecule has 0 aliphatic rings. The van der Waals surface area contributed by atoms with E-state index in [4.69, 9.17) is 10.1 Å². The molecule has 0 aliphatic heterocycles. The molecule has 0 atom stereocenters. The van der Waals surface area contributed by atoms with E-state index in [2.05, 4.69) is 131 Å². The number of pyridine rings is 1. The molecule has 0 saturated heterocycles. The van der Waals surface area contributed by atoms with E-state index in [-0.39, 0.29) is 31.6 Å². The summed E-state index contributed by atoms with van der Waals surface area (Å²) >= 11 is 0. The Balaban J connectivity index is 0.000000397. The number of allylic oxidation sites excluding steroid dienone is 2. The van der Waals surface area contributed by atoms with Crippen molar-refractivity contribution >= 4 is 40.7 Å². The maximum Gasteiger partial charge on any atom is 0.448 e. The fraction of sp³-hybridized carbons (Fsp3) is 0.282. The Morgan fingerprint density at radius 3 is 2.04 bits per heavy atom. The van der Waals surface area contributed by atoms with Crippen molar-refractivity contribution in [2.24, 2.45) is 5.92 Å². The van der Waals surface area contributed by atoms with Crippen molar-refractivity contribution in [3.8, 4) is 22.4 Å². The second-order valence-electron chi connectivity index (χ2n) is 13.9. The molecule has 8 heteroatoms. The molecule has 1 N–H and O–H groups in total. The van der Waals surface area contributed by atoms with E-state index in [1.807, 2.05) is 0 Å². The van der Waals surface area contributed by atoms with Gasteiger partial charge in [-0.05, 0) is 28.0 Å². The minimum absolute atomic E-state index is 0. The molecule has 0 amide bonds. The topological polar surface area (TPSA) is 50.2 Å². The predicted molar refractivity (Wildman–Crippen MR) is 187 cm³/mol. The van der Waals surface area contributed by atoms with Gasteiger partial charge in [0.15, 0.2) is 5.78 Å². The Morgan fingerprint density at radius 1 is 0.872 bits per heavy atom. The van der Waals surface area contributed by atoms with Crippen LogP contribution in [0.25, 0.3) is 44.1 Å². The first kappa shape index (κ1) is 37.9. The van der Waals surface area contributed by atoms with Crippen LogP contribution in [0.1, 0.15) is 40.2 Å². The number of hydrogen-bond acceptors (Lipinski definition) is 3. The van der Waals surface area contributed by atoms with Crippen LogP contribution in [0.5, 0.6) is 0 Å². The van der Waals surface area contributed by atoms with Gasteiger partial charge in [-0.2, -0.15) is 13.2 Å². The van der Waals surface area contributed by atoms with Gasteiger partial charge in [-0.25, -0.2) is 0 Å². The first-order valence-corrected chi connectivity index (χ1v) is 18.8. The van der Waals surface area contributed by atoms with Crippen molar-refractivity contribution in [3.63, 3.8) is 0 Å². The van der Waals surface area contributed by atoms with E-state index >= 15 is 0 Å². The number of ketones is 1. The van der Waals surface area contributed by atoms with Gasteiger partial charge < -0.3 is 5.11 Å². The molecule has 5 aromatic rings. The number of nitrogens with zero attached hydrogens (tertiary/aromatic N) is 1. The summed E-state index contributed by atoms with van der Waals surface area (Å²) in [6.07, 6.45) is -4.63. The number of alkyl halides is 3. The van der Waals surface area contributed by atoms with E-state index in [1.165, 1.54) is 41.1 Å². The molecule has 4 aromatic carbocycles. The van der Waals surface area contributed by atoms with Crippen LogP contribution in [0.4, 0.5) is 13.2 Å². The summed E-state index contributed by atoms with van der Waals surface area (Å²) in [5.41, 5.74) is 6.85. The van der Waals surface area contributed by atoms with Crippen LogP contribution in [0.15, 0.2) is 96.8 Å². The standard InChI is InChI=1S/C32H32NSi.C7H9F3O2.Ir/c1-32(2,3)29-20-26(19-25-9-7-8-10-28(25)29)30-18-15-23-11-12-24(21-31(23)33-30)22-13-16-27(17-14-22)34(4,5)6;1-4(2)5(11)3-6(12)7(8,9)10;/h7-18,20-21H,1-6H3;3-4,12H,1-2H3;/q-1;;/b;6-3-;. The van der Waals surface area contributed by atoms with Crippen LogP contribution < -0.4 is 5.19 Å². The van der Waals surface area contributed by atoms with Crippen LogP contribution in [0.3, 0.4) is 0 Å². The van der Waals surface area contributed by atoms with Crippen molar-refractivity contribution < 1.29 is 43.2 Å². The molecule has 249 valence electrons. The zero-order valence-corrected chi connectivity index (χ0v) is 31.4. The zero-order valence-electron chi connectivity index (χ0n) is 28.0. The maximum absolute atomic E-state index is 11.6. The number of carbonyl (C=O) groups is 1. The zero-order chi connectivity index (χ0) is 34.0. The van der Waals surface area contributed by atoms with E-state index < -0.39 is 31.7 Å². The number of aromatic nitrogens is 1. The average molecular weight is 833 g/mol. The summed E-state index contributed by atoms with van der Waals surface area (Å²) in [7, 11) is -1.30. The second kappa shape index (κ2) is 14.7. The second-order valence-corrected chi connectivity index (χ2v) is 19.0. The number of rotatable bonds is 5. The first-order valence-electron chi connectivity index (χ1n) is 15.3. The molecule has 1 aromatic heterocycles. The van der Waals surface area contributed by atoms with Crippen molar-refractivity contribution in [2.75, 3.05) is 0 Å². The summed E-state index contributed by atoms with van der Waals surface area (Å²) in [6, 6.07) is 34.4. The van der Waals surface area contributed by atoms with Gasteiger partial charge in [0.05, 0.1) is 13.6 Å². The molecule has 47 heavy (non-hydrogen) atoms. The molecule has 0 aliphatic carbocycles. The number of halogens is 3. The fourth-order valence-corrected chi connectivity index (χ4v) is 6.15.